The van der Waals surface area contributed by atoms with Crippen molar-refractivity contribution in [1.82, 2.24) is 5.48 Å². The Kier molecular flexibility index (Phi) is 8.24. The Morgan fingerprint density at radius 3 is 2.46 bits per heavy atom. The van der Waals surface area contributed by atoms with Gasteiger partial charge in [0.1, 0.15) is 5.82 Å². The highest BCUT2D eigenvalue weighted by Crippen LogP contribution is 2.28. The molecule has 0 bridgehead atoms. The third-order valence-corrected chi connectivity index (χ3v) is 3.86. The molecule has 0 unspecified atom stereocenters. The summed E-state index contributed by atoms with van der Waals surface area (Å²) in [6.45, 7) is -0.489. The van der Waals surface area contributed by atoms with Crippen molar-refractivity contribution in [2.45, 2.75) is 19.3 Å². The lowest BCUT2D eigenvalue weighted by molar-refractivity contribution is 0.0168. The lowest BCUT2D eigenvalue weighted by atomic mass is 10.1. The van der Waals surface area contributed by atoms with Crippen molar-refractivity contribution < 1.29 is 33.0 Å². The minimum Gasteiger partial charge on any atom is -0.396 e. The monoisotopic (exact) mass is 398 g/mol. The van der Waals surface area contributed by atoms with Crippen molar-refractivity contribution in [3.8, 4) is 0 Å². The number of halogens is 3. The first-order valence-corrected chi connectivity index (χ1v) is 8.65. The van der Waals surface area contributed by atoms with Crippen molar-refractivity contribution in [3.05, 3.63) is 58.9 Å². The van der Waals surface area contributed by atoms with Crippen LogP contribution in [-0.2, 0) is 11.3 Å². The number of hydrogen-bond acceptors (Lipinski definition) is 5. The first-order chi connectivity index (χ1) is 13.5. The Hall–Kier alpha value is -2.62. The molecule has 0 aliphatic heterocycles. The van der Waals surface area contributed by atoms with Gasteiger partial charge in [-0.25, -0.2) is 18.7 Å². The number of carbonyl (C=O) groups is 1. The minimum absolute atomic E-state index is 0.0494. The fraction of sp³-hybridized carbons (Fsp3) is 0.316. The molecular weight excluding hydrogens is 377 g/mol. The van der Waals surface area contributed by atoms with Crippen LogP contribution < -0.4 is 10.8 Å². The predicted molar refractivity (Wildman–Crippen MR) is 96.6 cm³/mol. The molecular formula is C19H21F3N2O4. The Morgan fingerprint density at radius 1 is 1.00 bits per heavy atom. The number of benzene rings is 2. The molecule has 0 fully saturated rings. The molecule has 0 atom stereocenters. The van der Waals surface area contributed by atoms with E-state index in [9.17, 15) is 18.0 Å². The van der Waals surface area contributed by atoms with E-state index < -0.39 is 29.0 Å². The molecule has 9 heteroatoms. The Balaban J connectivity index is 2.24. The SMILES string of the molecule is O=C(NOCCO)c1ccc(F)c(F)c1Nc1ccc(CCCCO)cc1F. The van der Waals surface area contributed by atoms with E-state index in [1.54, 1.807) is 6.07 Å². The van der Waals surface area contributed by atoms with Gasteiger partial charge >= 0.3 is 0 Å². The van der Waals surface area contributed by atoms with Crippen molar-refractivity contribution in [2.75, 3.05) is 25.1 Å². The van der Waals surface area contributed by atoms with Gasteiger partial charge in [-0.15, -0.1) is 0 Å². The average molecular weight is 398 g/mol. The number of hydrogen-bond donors (Lipinski definition) is 4. The molecule has 0 aromatic heterocycles. The van der Waals surface area contributed by atoms with E-state index in [2.05, 4.69) is 10.2 Å². The standard InChI is InChI=1S/C19H21F3N2O4/c20-14-6-5-13(19(27)24-28-10-9-26)18(17(14)22)23-16-7-4-12(11-15(16)21)3-1-2-8-25/h4-7,11,23,25-26H,1-3,8-10H2,(H,24,27). The maximum absolute atomic E-state index is 14.4. The van der Waals surface area contributed by atoms with E-state index in [1.165, 1.54) is 12.1 Å². The molecule has 0 saturated carbocycles. The lowest BCUT2D eigenvalue weighted by Gasteiger charge is -2.14. The maximum Gasteiger partial charge on any atom is 0.277 e. The second kappa shape index (κ2) is 10.6. The molecule has 0 spiro atoms. The van der Waals surface area contributed by atoms with Crippen LogP contribution in [0.15, 0.2) is 30.3 Å². The molecule has 2 aromatic rings. The van der Waals surface area contributed by atoms with Gasteiger partial charge in [-0.1, -0.05) is 6.07 Å². The van der Waals surface area contributed by atoms with Crippen LogP contribution in [0.4, 0.5) is 24.5 Å². The Labute approximate surface area is 159 Å². The molecule has 1 amide bonds. The summed E-state index contributed by atoms with van der Waals surface area (Å²) >= 11 is 0. The fourth-order valence-corrected chi connectivity index (χ4v) is 2.47. The fourth-order valence-electron chi connectivity index (χ4n) is 2.47. The van der Waals surface area contributed by atoms with Crippen molar-refractivity contribution >= 4 is 17.3 Å². The molecule has 0 aliphatic rings. The first kappa shape index (κ1) is 21.7. The van der Waals surface area contributed by atoms with Gasteiger partial charge < -0.3 is 15.5 Å². The smallest absolute Gasteiger partial charge is 0.277 e. The third kappa shape index (κ3) is 5.69. The van der Waals surface area contributed by atoms with Gasteiger partial charge in [0.15, 0.2) is 11.6 Å². The minimum atomic E-state index is -1.35. The average Bonchev–Trinajstić information content (AvgIpc) is 2.67. The molecule has 2 aromatic carbocycles. The summed E-state index contributed by atoms with van der Waals surface area (Å²) in [5, 5.41) is 19.9. The molecule has 0 saturated heterocycles. The number of amides is 1. The number of nitrogens with one attached hydrogen (secondary N) is 2. The summed E-state index contributed by atoms with van der Waals surface area (Å²) in [5.74, 6) is -4.15. The number of rotatable bonds is 10. The van der Waals surface area contributed by atoms with E-state index in [0.29, 0.717) is 24.8 Å². The summed E-state index contributed by atoms with van der Waals surface area (Å²) < 4.78 is 42.3. The molecule has 28 heavy (non-hydrogen) atoms. The molecule has 0 heterocycles. The van der Waals surface area contributed by atoms with Crippen LogP contribution >= 0.6 is 0 Å². The van der Waals surface area contributed by atoms with E-state index in [-0.39, 0.29) is 31.1 Å². The highest BCUT2D eigenvalue weighted by Gasteiger charge is 2.20. The highest BCUT2D eigenvalue weighted by atomic mass is 19.2. The van der Waals surface area contributed by atoms with Crippen molar-refractivity contribution in [1.29, 1.82) is 0 Å². The zero-order chi connectivity index (χ0) is 20.5. The molecule has 152 valence electrons. The number of aliphatic hydroxyl groups is 2. The van der Waals surface area contributed by atoms with Gasteiger partial charge in [0, 0.05) is 6.61 Å². The summed E-state index contributed by atoms with van der Waals surface area (Å²) in [5.41, 5.74) is 1.68. The number of unbranched alkanes of at least 4 members (excludes halogenated alkanes) is 1. The quantitative estimate of drug-likeness (QED) is 0.365. The molecule has 6 nitrogen and oxygen atoms in total. The van der Waals surface area contributed by atoms with Gasteiger partial charge in [-0.2, -0.15) is 0 Å². The lowest BCUT2D eigenvalue weighted by Crippen LogP contribution is -2.26. The second-order valence-electron chi connectivity index (χ2n) is 5.91. The predicted octanol–water partition coefficient (Wildman–Crippen LogP) is 2.82. The number of anilines is 2. The molecule has 0 radical (unpaired) electrons. The van der Waals surface area contributed by atoms with Crippen LogP contribution in [0.1, 0.15) is 28.8 Å². The summed E-state index contributed by atoms with van der Waals surface area (Å²) in [4.78, 5) is 16.8. The van der Waals surface area contributed by atoms with Crippen molar-refractivity contribution in [3.63, 3.8) is 0 Å². The van der Waals surface area contributed by atoms with Crippen molar-refractivity contribution in [2.24, 2.45) is 0 Å². The van der Waals surface area contributed by atoms with Gasteiger partial charge in [0.05, 0.1) is 30.2 Å². The topological polar surface area (TPSA) is 90.8 Å². The molecule has 0 aliphatic carbocycles. The highest BCUT2D eigenvalue weighted by molar-refractivity contribution is 5.99. The van der Waals surface area contributed by atoms with Gasteiger partial charge in [-0.05, 0) is 49.1 Å². The largest absolute Gasteiger partial charge is 0.396 e. The third-order valence-electron chi connectivity index (χ3n) is 3.86. The van der Waals surface area contributed by atoms with Crippen LogP contribution in [0.25, 0.3) is 0 Å². The van der Waals surface area contributed by atoms with Crippen LogP contribution in [0.2, 0.25) is 0 Å². The zero-order valence-corrected chi connectivity index (χ0v) is 15.0. The zero-order valence-electron chi connectivity index (χ0n) is 15.0. The van der Waals surface area contributed by atoms with Crippen LogP contribution in [-0.4, -0.2) is 35.9 Å². The number of carbonyl (C=O) groups excluding carboxylic acids is 1. The Morgan fingerprint density at radius 2 is 1.79 bits per heavy atom. The van der Waals surface area contributed by atoms with Crippen LogP contribution in [0.3, 0.4) is 0 Å². The summed E-state index contributed by atoms with van der Waals surface area (Å²) in [7, 11) is 0. The van der Waals surface area contributed by atoms with Gasteiger partial charge in [-0.3, -0.25) is 9.63 Å². The first-order valence-electron chi connectivity index (χ1n) is 8.65. The number of aryl methyl sites for hydroxylation is 1. The maximum atomic E-state index is 14.4. The van der Waals surface area contributed by atoms with E-state index in [1.807, 2.05) is 5.48 Å². The van der Waals surface area contributed by atoms with E-state index in [4.69, 9.17) is 10.2 Å². The van der Waals surface area contributed by atoms with E-state index >= 15 is 0 Å². The van der Waals surface area contributed by atoms with Crippen LogP contribution in [0.5, 0.6) is 0 Å². The number of aliphatic hydroxyl groups excluding tert-OH is 2. The Bertz CT molecular complexity index is 818. The summed E-state index contributed by atoms with van der Waals surface area (Å²) in [6.07, 6.45) is 1.83. The van der Waals surface area contributed by atoms with Gasteiger partial charge in [0.2, 0.25) is 0 Å². The number of hydroxylamine groups is 1. The van der Waals surface area contributed by atoms with Crippen LogP contribution in [0, 0.1) is 17.5 Å². The van der Waals surface area contributed by atoms with Gasteiger partial charge in [0.25, 0.3) is 5.91 Å². The summed E-state index contributed by atoms with van der Waals surface area (Å²) in [6, 6.07) is 6.02. The second-order valence-corrected chi connectivity index (χ2v) is 5.91. The van der Waals surface area contributed by atoms with E-state index in [0.717, 1.165) is 12.1 Å². The molecule has 2 rings (SSSR count). The molecule has 4 N–H and O–H groups in total. The normalized spacial score (nSPS) is 10.8.